The molecule has 4 rings (SSSR count). The number of benzene rings is 2. The number of anilines is 1. The van der Waals surface area contributed by atoms with Crippen LogP contribution in [0.25, 0.3) is 5.57 Å². The molecule has 2 aliphatic heterocycles. The number of hydrogen-bond acceptors (Lipinski definition) is 5. The largest absolute Gasteiger partial charge is 0.491 e. The highest BCUT2D eigenvalue weighted by molar-refractivity contribution is 6.36. The van der Waals surface area contributed by atoms with Crippen molar-refractivity contribution < 1.29 is 19.1 Å². The minimum Gasteiger partial charge on any atom is -0.491 e. The van der Waals surface area contributed by atoms with E-state index in [9.17, 15) is 9.59 Å². The first-order chi connectivity index (χ1) is 14.5. The zero-order valence-corrected chi connectivity index (χ0v) is 17.6. The van der Waals surface area contributed by atoms with E-state index >= 15 is 0 Å². The molecule has 0 N–H and O–H groups in total. The molecule has 0 fully saturated rings. The highest BCUT2D eigenvalue weighted by Gasteiger charge is 2.43. The number of nitrogens with zero attached hydrogens (tertiary/aromatic N) is 2. The first-order valence-corrected chi connectivity index (χ1v) is 10.2. The number of carbonyl (C=O) groups excluding carboxylic acids is 2. The van der Waals surface area contributed by atoms with Gasteiger partial charge in [0.05, 0.1) is 24.8 Å². The lowest BCUT2D eigenvalue weighted by Gasteiger charge is -2.21. The third kappa shape index (κ3) is 3.59. The third-order valence-corrected chi connectivity index (χ3v) is 5.33. The van der Waals surface area contributed by atoms with Gasteiger partial charge in [0.15, 0.2) is 0 Å². The fourth-order valence-electron chi connectivity index (χ4n) is 4.00. The molecule has 0 spiro atoms. The van der Waals surface area contributed by atoms with Crippen molar-refractivity contribution in [2.45, 2.75) is 26.4 Å². The van der Waals surface area contributed by atoms with E-state index in [1.165, 1.54) is 10.5 Å². The summed E-state index contributed by atoms with van der Waals surface area (Å²) >= 11 is 0. The van der Waals surface area contributed by atoms with Crippen LogP contribution >= 0.6 is 0 Å². The number of rotatable bonds is 7. The zero-order chi connectivity index (χ0) is 21.3. The molecule has 0 atom stereocenters. The van der Waals surface area contributed by atoms with Gasteiger partial charge in [-0.2, -0.15) is 0 Å². The van der Waals surface area contributed by atoms with E-state index < -0.39 is 0 Å². The molecule has 2 aromatic rings. The average Bonchev–Trinajstić information content (AvgIpc) is 3.25. The minimum atomic E-state index is -0.283. The first-order valence-electron chi connectivity index (χ1n) is 10.2. The monoisotopic (exact) mass is 406 g/mol. The fraction of sp³-hybridized carbons (Fsp3) is 0.333. The van der Waals surface area contributed by atoms with Crippen molar-refractivity contribution in [2.75, 3.05) is 31.7 Å². The number of methoxy groups -OCH3 is 1. The van der Waals surface area contributed by atoms with Crippen LogP contribution in [0.5, 0.6) is 5.75 Å². The van der Waals surface area contributed by atoms with Crippen molar-refractivity contribution in [2.24, 2.45) is 0 Å². The van der Waals surface area contributed by atoms with Gasteiger partial charge in [-0.3, -0.25) is 14.5 Å². The van der Waals surface area contributed by atoms with Crippen molar-refractivity contribution in [1.82, 2.24) is 4.90 Å². The van der Waals surface area contributed by atoms with E-state index in [0.29, 0.717) is 30.0 Å². The molecule has 0 saturated heterocycles. The van der Waals surface area contributed by atoms with Crippen molar-refractivity contribution in [3.05, 3.63) is 65.4 Å². The van der Waals surface area contributed by atoms with Crippen LogP contribution in [0.4, 0.5) is 5.69 Å². The van der Waals surface area contributed by atoms with Gasteiger partial charge in [-0.15, -0.1) is 0 Å². The molecule has 0 aromatic heterocycles. The minimum absolute atomic E-state index is 0.0611. The maximum absolute atomic E-state index is 13.3. The number of ether oxygens (including phenoxy) is 2. The predicted molar refractivity (Wildman–Crippen MR) is 115 cm³/mol. The van der Waals surface area contributed by atoms with E-state index in [1.807, 2.05) is 61.2 Å². The Kier molecular flexibility index (Phi) is 5.59. The van der Waals surface area contributed by atoms with Crippen LogP contribution in [0.3, 0.4) is 0 Å². The zero-order valence-electron chi connectivity index (χ0n) is 17.6. The lowest BCUT2D eigenvalue weighted by molar-refractivity contribution is -0.137. The highest BCUT2D eigenvalue weighted by atomic mass is 16.5. The van der Waals surface area contributed by atoms with Crippen LogP contribution < -0.4 is 9.64 Å². The molecule has 2 aliphatic rings. The third-order valence-electron chi connectivity index (χ3n) is 5.33. The van der Waals surface area contributed by atoms with E-state index in [2.05, 4.69) is 6.07 Å². The molecular weight excluding hydrogens is 380 g/mol. The second-order valence-corrected chi connectivity index (χ2v) is 7.70. The van der Waals surface area contributed by atoms with Crippen molar-refractivity contribution in [3.8, 4) is 5.75 Å². The van der Waals surface area contributed by atoms with E-state index in [4.69, 9.17) is 9.47 Å². The molecule has 0 aliphatic carbocycles. The molecule has 2 heterocycles. The Morgan fingerprint density at radius 2 is 1.73 bits per heavy atom. The summed E-state index contributed by atoms with van der Waals surface area (Å²) in [6.45, 7) is 5.13. The second-order valence-electron chi connectivity index (χ2n) is 7.70. The molecular formula is C24H26N2O4. The number of amides is 2. The van der Waals surface area contributed by atoms with Gasteiger partial charge in [0, 0.05) is 19.3 Å². The Hall–Kier alpha value is -3.12. The highest BCUT2D eigenvalue weighted by Crippen LogP contribution is 2.38. The van der Waals surface area contributed by atoms with E-state index in [-0.39, 0.29) is 24.5 Å². The van der Waals surface area contributed by atoms with Gasteiger partial charge >= 0.3 is 0 Å². The molecule has 30 heavy (non-hydrogen) atoms. The van der Waals surface area contributed by atoms with E-state index in [0.717, 1.165) is 17.9 Å². The fourth-order valence-corrected chi connectivity index (χ4v) is 4.00. The van der Waals surface area contributed by atoms with Gasteiger partial charge in [-0.25, -0.2) is 0 Å². The number of para-hydroxylation sites is 1. The SMILES string of the molecule is COCCN1C(=O)C(c2ccc(OC(C)C)cc2)=C(N2CCc3ccccc32)C1=O. The summed E-state index contributed by atoms with van der Waals surface area (Å²) < 4.78 is 10.8. The Bertz CT molecular complexity index is 995. The van der Waals surface area contributed by atoms with Crippen LogP contribution in [0, 0.1) is 0 Å². The topological polar surface area (TPSA) is 59.1 Å². The van der Waals surface area contributed by atoms with E-state index in [1.54, 1.807) is 7.11 Å². The summed E-state index contributed by atoms with van der Waals surface area (Å²) in [6.07, 6.45) is 0.902. The predicted octanol–water partition coefficient (Wildman–Crippen LogP) is 3.26. The number of hydrogen-bond donors (Lipinski definition) is 0. The van der Waals surface area contributed by atoms with Crippen molar-refractivity contribution in [1.29, 1.82) is 0 Å². The van der Waals surface area contributed by atoms with Crippen molar-refractivity contribution >= 4 is 23.1 Å². The summed E-state index contributed by atoms with van der Waals surface area (Å²) in [5.41, 5.74) is 3.76. The summed E-state index contributed by atoms with van der Waals surface area (Å²) in [6, 6.07) is 15.4. The van der Waals surface area contributed by atoms with Crippen molar-refractivity contribution in [3.63, 3.8) is 0 Å². The molecule has 2 aromatic carbocycles. The molecule has 2 amide bonds. The van der Waals surface area contributed by atoms with Crippen LogP contribution in [0.2, 0.25) is 0 Å². The van der Waals surface area contributed by atoms with Gasteiger partial charge < -0.3 is 14.4 Å². The molecule has 6 nitrogen and oxygen atoms in total. The quantitative estimate of drug-likeness (QED) is 0.661. The van der Waals surface area contributed by atoms with Gasteiger partial charge in [0.2, 0.25) is 0 Å². The average molecular weight is 406 g/mol. The number of carbonyl (C=O) groups is 2. The van der Waals surface area contributed by atoms with Gasteiger partial charge in [0.1, 0.15) is 11.4 Å². The van der Waals surface area contributed by atoms with Gasteiger partial charge in [0.25, 0.3) is 11.8 Å². The standard InChI is InChI=1S/C24H26N2O4/c1-16(2)30-19-10-8-18(9-11-19)21-22(24(28)26(23(21)27)14-15-29-3)25-13-12-17-6-4-5-7-20(17)25/h4-11,16H,12-15H2,1-3H3. The van der Waals surface area contributed by atoms with Crippen LogP contribution in [-0.4, -0.2) is 49.6 Å². The first kappa shape index (κ1) is 20.2. The molecule has 0 unspecified atom stereocenters. The van der Waals surface area contributed by atoms with Gasteiger partial charge in [-0.05, 0) is 49.6 Å². The molecule has 6 heteroatoms. The normalized spacial score (nSPS) is 16.1. The molecule has 0 bridgehead atoms. The summed E-state index contributed by atoms with van der Waals surface area (Å²) in [5, 5.41) is 0. The van der Waals surface area contributed by atoms with Crippen LogP contribution in [0.15, 0.2) is 54.2 Å². The number of imide groups is 1. The summed E-state index contributed by atoms with van der Waals surface area (Å²) in [4.78, 5) is 29.9. The maximum atomic E-state index is 13.3. The summed E-state index contributed by atoms with van der Waals surface area (Å²) in [7, 11) is 1.56. The Morgan fingerprint density at radius 1 is 1.00 bits per heavy atom. The molecule has 0 saturated carbocycles. The van der Waals surface area contributed by atoms with Crippen LogP contribution in [0.1, 0.15) is 25.0 Å². The number of fused-ring (bicyclic) bond motifs is 1. The lowest BCUT2D eigenvalue weighted by atomic mass is 10.0. The lowest BCUT2D eigenvalue weighted by Crippen LogP contribution is -2.37. The van der Waals surface area contributed by atoms with Gasteiger partial charge in [-0.1, -0.05) is 30.3 Å². The smallest absolute Gasteiger partial charge is 0.278 e. The maximum Gasteiger partial charge on any atom is 0.278 e. The Labute approximate surface area is 176 Å². The summed E-state index contributed by atoms with van der Waals surface area (Å²) in [5.74, 6) is 0.177. The van der Waals surface area contributed by atoms with Crippen LogP contribution in [-0.2, 0) is 20.7 Å². The molecule has 0 radical (unpaired) electrons. The molecule has 156 valence electrons. The Balaban J connectivity index is 1.77. The Morgan fingerprint density at radius 3 is 2.43 bits per heavy atom. The second kappa shape index (κ2) is 8.32.